The highest BCUT2D eigenvalue weighted by Gasteiger charge is 2.35. The molecule has 3 rings (SSSR count). The van der Waals surface area contributed by atoms with Crippen LogP contribution >= 0.6 is 11.8 Å². The second-order valence-corrected chi connectivity index (χ2v) is 7.77. The van der Waals surface area contributed by atoms with E-state index in [1.807, 2.05) is 11.8 Å². The van der Waals surface area contributed by atoms with Crippen molar-refractivity contribution < 1.29 is 0 Å². The van der Waals surface area contributed by atoms with Crippen LogP contribution in [0.3, 0.4) is 0 Å². The molecule has 1 saturated carbocycles. The molecule has 3 nitrogen and oxygen atoms in total. The SMILES string of the molecule is CC(C)(C)c1nc(C2CCSC2)c(N)n1C1CC1. The first-order chi connectivity index (χ1) is 8.48. The molecule has 2 N–H and O–H groups in total. The van der Waals surface area contributed by atoms with Gasteiger partial charge in [-0.25, -0.2) is 4.98 Å². The molecule has 2 heterocycles. The largest absolute Gasteiger partial charge is 0.384 e. The quantitative estimate of drug-likeness (QED) is 0.892. The van der Waals surface area contributed by atoms with Gasteiger partial charge in [-0.05, 0) is 25.0 Å². The lowest BCUT2D eigenvalue weighted by Crippen LogP contribution is -2.19. The van der Waals surface area contributed by atoms with E-state index in [1.54, 1.807) is 0 Å². The molecule has 2 aliphatic rings. The van der Waals surface area contributed by atoms with Crippen molar-refractivity contribution in [2.75, 3.05) is 17.2 Å². The molecule has 1 aromatic rings. The maximum atomic E-state index is 6.41. The van der Waals surface area contributed by atoms with Gasteiger partial charge in [0.25, 0.3) is 0 Å². The molecule has 18 heavy (non-hydrogen) atoms. The third-order valence-corrected chi connectivity index (χ3v) is 5.04. The van der Waals surface area contributed by atoms with Crippen molar-refractivity contribution in [1.82, 2.24) is 9.55 Å². The zero-order valence-electron chi connectivity index (χ0n) is 11.6. The topological polar surface area (TPSA) is 43.8 Å². The number of hydrogen-bond donors (Lipinski definition) is 1. The Morgan fingerprint density at radius 1 is 1.28 bits per heavy atom. The first-order valence-electron chi connectivity index (χ1n) is 6.94. The van der Waals surface area contributed by atoms with E-state index in [0.717, 1.165) is 5.82 Å². The first kappa shape index (κ1) is 12.4. The molecule has 0 aromatic carbocycles. The Kier molecular flexibility index (Phi) is 2.88. The third-order valence-electron chi connectivity index (χ3n) is 3.88. The van der Waals surface area contributed by atoms with Gasteiger partial charge in [0.05, 0.1) is 5.69 Å². The summed E-state index contributed by atoms with van der Waals surface area (Å²) >= 11 is 2.03. The van der Waals surface area contributed by atoms with Crippen LogP contribution in [0.4, 0.5) is 5.82 Å². The normalized spacial score (nSPS) is 24.7. The Bertz CT molecular complexity index is 448. The van der Waals surface area contributed by atoms with Crippen molar-refractivity contribution >= 4 is 17.6 Å². The molecule has 0 bridgehead atoms. The van der Waals surface area contributed by atoms with Crippen LogP contribution in [0.25, 0.3) is 0 Å². The van der Waals surface area contributed by atoms with Gasteiger partial charge in [-0.1, -0.05) is 20.8 Å². The molecule has 0 amide bonds. The number of aromatic nitrogens is 2. The van der Waals surface area contributed by atoms with E-state index in [0.29, 0.717) is 12.0 Å². The molecule has 100 valence electrons. The van der Waals surface area contributed by atoms with E-state index in [-0.39, 0.29) is 5.41 Å². The van der Waals surface area contributed by atoms with E-state index >= 15 is 0 Å². The number of nitrogen functional groups attached to an aromatic ring is 1. The average Bonchev–Trinajstić information content (AvgIpc) is 2.85. The van der Waals surface area contributed by atoms with Crippen LogP contribution in [0.15, 0.2) is 0 Å². The Morgan fingerprint density at radius 3 is 2.50 bits per heavy atom. The summed E-state index contributed by atoms with van der Waals surface area (Å²) in [6, 6.07) is 0.620. The lowest BCUT2D eigenvalue weighted by atomic mass is 9.95. The number of nitrogens with two attached hydrogens (primary N) is 1. The van der Waals surface area contributed by atoms with Gasteiger partial charge in [0.1, 0.15) is 11.6 Å². The highest BCUT2D eigenvalue weighted by molar-refractivity contribution is 7.99. The van der Waals surface area contributed by atoms with Gasteiger partial charge < -0.3 is 10.3 Å². The number of anilines is 1. The summed E-state index contributed by atoms with van der Waals surface area (Å²) in [5, 5.41) is 0. The van der Waals surface area contributed by atoms with Crippen molar-refractivity contribution in [1.29, 1.82) is 0 Å². The molecule has 1 aliphatic carbocycles. The predicted molar refractivity (Wildman–Crippen MR) is 78.3 cm³/mol. The fourth-order valence-electron chi connectivity index (χ4n) is 2.74. The lowest BCUT2D eigenvalue weighted by molar-refractivity contribution is 0.503. The second-order valence-electron chi connectivity index (χ2n) is 6.62. The first-order valence-corrected chi connectivity index (χ1v) is 8.10. The van der Waals surface area contributed by atoms with Crippen LogP contribution in [0, 0.1) is 0 Å². The van der Waals surface area contributed by atoms with Gasteiger partial charge in [0.2, 0.25) is 0 Å². The fourth-order valence-corrected chi connectivity index (χ4v) is 3.97. The maximum absolute atomic E-state index is 6.41. The van der Waals surface area contributed by atoms with Gasteiger partial charge in [0.15, 0.2) is 0 Å². The molecular weight excluding hydrogens is 242 g/mol. The molecule has 1 saturated heterocycles. The minimum atomic E-state index is 0.0840. The Balaban J connectivity index is 2.05. The van der Waals surface area contributed by atoms with Crippen molar-refractivity contribution in [3.05, 3.63) is 11.5 Å². The molecule has 1 atom stereocenters. The molecule has 4 heteroatoms. The number of rotatable bonds is 2. The summed E-state index contributed by atoms with van der Waals surface area (Å²) in [5.41, 5.74) is 7.67. The van der Waals surface area contributed by atoms with E-state index < -0.39 is 0 Å². The molecule has 1 aliphatic heterocycles. The molecule has 1 unspecified atom stereocenters. The molecule has 1 aromatic heterocycles. The number of hydrogen-bond acceptors (Lipinski definition) is 3. The minimum absolute atomic E-state index is 0.0840. The Morgan fingerprint density at radius 2 is 2.00 bits per heavy atom. The van der Waals surface area contributed by atoms with E-state index in [9.17, 15) is 0 Å². The van der Waals surface area contributed by atoms with Crippen LogP contribution < -0.4 is 5.73 Å². The molecular formula is C14H23N3S. The summed E-state index contributed by atoms with van der Waals surface area (Å²) in [6.45, 7) is 6.71. The van der Waals surface area contributed by atoms with Crippen LogP contribution in [0.2, 0.25) is 0 Å². The lowest BCUT2D eigenvalue weighted by Gasteiger charge is -2.20. The third kappa shape index (κ3) is 2.04. The van der Waals surface area contributed by atoms with Gasteiger partial charge in [0, 0.05) is 23.1 Å². The van der Waals surface area contributed by atoms with Gasteiger partial charge in [-0.3, -0.25) is 0 Å². The smallest absolute Gasteiger partial charge is 0.127 e. The van der Waals surface area contributed by atoms with E-state index in [2.05, 4.69) is 25.3 Å². The summed E-state index contributed by atoms with van der Waals surface area (Å²) in [6.07, 6.45) is 3.77. The van der Waals surface area contributed by atoms with Crippen molar-refractivity contribution in [3.63, 3.8) is 0 Å². The van der Waals surface area contributed by atoms with Gasteiger partial charge >= 0.3 is 0 Å². The number of thioether (sulfide) groups is 1. The zero-order valence-corrected chi connectivity index (χ0v) is 12.4. The summed E-state index contributed by atoms with van der Waals surface area (Å²) in [5.74, 6) is 5.17. The highest BCUT2D eigenvalue weighted by Crippen LogP contribution is 2.44. The maximum Gasteiger partial charge on any atom is 0.127 e. The van der Waals surface area contributed by atoms with Gasteiger partial charge in [-0.15, -0.1) is 0 Å². The Labute approximate surface area is 114 Å². The minimum Gasteiger partial charge on any atom is -0.384 e. The Hall–Kier alpha value is -0.640. The van der Waals surface area contributed by atoms with Crippen LogP contribution in [0.1, 0.15) is 63.5 Å². The molecule has 2 fully saturated rings. The van der Waals surface area contributed by atoms with E-state index in [1.165, 1.54) is 42.3 Å². The number of nitrogens with zero attached hydrogens (tertiary/aromatic N) is 2. The van der Waals surface area contributed by atoms with Crippen LogP contribution in [0.5, 0.6) is 0 Å². The number of imidazole rings is 1. The van der Waals surface area contributed by atoms with Crippen LogP contribution in [-0.4, -0.2) is 21.1 Å². The van der Waals surface area contributed by atoms with Crippen molar-refractivity contribution in [2.24, 2.45) is 0 Å². The second kappa shape index (κ2) is 4.19. The molecule has 0 radical (unpaired) electrons. The highest BCUT2D eigenvalue weighted by atomic mass is 32.2. The summed E-state index contributed by atoms with van der Waals surface area (Å²) in [7, 11) is 0. The molecule has 0 spiro atoms. The standard InChI is InChI=1S/C14H23N3S/c1-14(2,3)13-16-11(9-6-7-18-8-9)12(15)17(13)10-4-5-10/h9-10H,4-8,15H2,1-3H3. The van der Waals surface area contributed by atoms with E-state index in [4.69, 9.17) is 10.7 Å². The zero-order chi connectivity index (χ0) is 12.9. The average molecular weight is 265 g/mol. The van der Waals surface area contributed by atoms with Crippen molar-refractivity contribution in [3.8, 4) is 0 Å². The summed E-state index contributed by atoms with van der Waals surface area (Å²) in [4.78, 5) is 4.95. The van der Waals surface area contributed by atoms with Gasteiger partial charge in [-0.2, -0.15) is 11.8 Å². The predicted octanol–water partition coefficient (Wildman–Crippen LogP) is 3.32. The monoisotopic (exact) mass is 265 g/mol. The van der Waals surface area contributed by atoms with Crippen LogP contribution in [-0.2, 0) is 5.41 Å². The fraction of sp³-hybridized carbons (Fsp3) is 0.786. The summed E-state index contributed by atoms with van der Waals surface area (Å²) < 4.78 is 2.33. The van der Waals surface area contributed by atoms with Crippen molar-refractivity contribution in [2.45, 2.75) is 57.4 Å².